The fraction of sp³-hybridized carbons (Fsp3) is 1.00. The largest absolute Gasteiger partial charge is 0.294 e. The van der Waals surface area contributed by atoms with Crippen molar-refractivity contribution in [3.05, 3.63) is 0 Å². The van der Waals surface area contributed by atoms with Crippen molar-refractivity contribution >= 4 is 0 Å². The Bertz CT molecular complexity index is 246. The minimum Gasteiger partial charge on any atom is -0.294 e. The Hall–Kier alpha value is -0.110. The lowest BCUT2D eigenvalue weighted by Crippen LogP contribution is -2.47. The molecule has 2 heteroatoms. The summed E-state index contributed by atoms with van der Waals surface area (Å²) in [5.74, 6) is 0. The van der Waals surface area contributed by atoms with Gasteiger partial charge in [0.05, 0.1) is 0 Å². The molecule has 0 aromatic rings. The second kappa shape index (κ2) is 9.02. The fourth-order valence-electron chi connectivity index (χ4n) is 3.76. The van der Waals surface area contributed by atoms with Gasteiger partial charge in [-0.25, -0.2) is 4.39 Å². The Morgan fingerprint density at radius 1 is 1.05 bits per heavy atom. The number of alkyl halides is 1. The van der Waals surface area contributed by atoms with Crippen LogP contribution < -0.4 is 0 Å². The van der Waals surface area contributed by atoms with E-state index in [9.17, 15) is 4.39 Å². The molecule has 1 aliphatic heterocycles. The summed E-state index contributed by atoms with van der Waals surface area (Å²) in [6.07, 6.45) is 12.7. The first-order chi connectivity index (χ1) is 9.50. The Balaban J connectivity index is 2.47. The topological polar surface area (TPSA) is 3.24 Å². The molecule has 2 atom stereocenters. The third kappa shape index (κ3) is 5.71. The third-order valence-electron chi connectivity index (χ3n) is 4.82. The van der Waals surface area contributed by atoms with Crippen molar-refractivity contribution in [1.82, 2.24) is 4.90 Å². The fourth-order valence-corrected chi connectivity index (χ4v) is 3.76. The van der Waals surface area contributed by atoms with Crippen LogP contribution in [0.1, 0.15) is 91.9 Å². The van der Waals surface area contributed by atoms with E-state index in [1.54, 1.807) is 13.8 Å². The van der Waals surface area contributed by atoms with E-state index in [1.807, 2.05) is 0 Å². The minimum absolute atomic E-state index is 0.148. The highest BCUT2D eigenvalue weighted by Gasteiger charge is 2.39. The standard InChI is InChI=1S/C18H36FN/c1-5-7-8-9-10-13-16(12-6-2)20-15-11-14-17(20)18(3,4)19/h16-17H,5-15H2,1-4H3/t16?,17-/m0/s1. The number of hydrogen-bond donors (Lipinski definition) is 0. The van der Waals surface area contributed by atoms with E-state index < -0.39 is 5.67 Å². The third-order valence-corrected chi connectivity index (χ3v) is 4.82. The van der Waals surface area contributed by atoms with E-state index in [4.69, 9.17) is 0 Å². The Labute approximate surface area is 126 Å². The van der Waals surface area contributed by atoms with Gasteiger partial charge in [0, 0.05) is 12.1 Å². The number of halogens is 1. The number of rotatable bonds is 10. The molecular formula is C18H36FN. The van der Waals surface area contributed by atoms with Crippen LogP contribution in [0.3, 0.4) is 0 Å². The molecule has 1 heterocycles. The maximum Gasteiger partial charge on any atom is 0.120 e. The van der Waals surface area contributed by atoms with E-state index in [1.165, 1.54) is 57.8 Å². The molecule has 0 radical (unpaired) electrons. The maximum atomic E-state index is 14.4. The first-order valence-electron chi connectivity index (χ1n) is 8.95. The van der Waals surface area contributed by atoms with Crippen molar-refractivity contribution in [2.24, 2.45) is 0 Å². The van der Waals surface area contributed by atoms with Crippen LogP contribution in [0, 0.1) is 0 Å². The molecule has 0 amide bonds. The van der Waals surface area contributed by atoms with Crippen LogP contribution in [0.15, 0.2) is 0 Å². The minimum atomic E-state index is -1.05. The van der Waals surface area contributed by atoms with Crippen LogP contribution in [-0.4, -0.2) is 29.2 Å². The molecule has 0 aromatic heterocycles. The predicted molar refractivity (Wildman–Crippen MR) is 87.0 cm³/mol. The molecular weight excluding hydrogens is 249 g/mol. The van der Waals surface area contributed by atoms with Crippen LogP contribution in [-0.2, 0) is 0 Å². The molecule has 0 saturated carbocycles. The quantitative estimate of drug-likeness (QED) is 0.463. The van der Waals surface area contributed by atoms with Crippen molar-refractivity contribution < 1.29 is 4.39 Å². The van der Waals surface area contributed by atoms with Gasteiger partial charge in [0.25, 0.3) is 0 Å². The van der Waals surface area contributed by atoms with E-state index in [2.05, 4.69) is 18.7 Å². The van der Waals surface area contributed by atoms with Crippen molar-refractivity contribution in [2.45, 2.75) is 110 Å². The van der Waals surface area contributed by atoms with E-state index >= 15 is 0 Å². The predicted octanol–water partition coefficient (Wildman–Crippen LogP) is 5.73. The van der Waals surface area contributed by atoms with Gasteiger partial charge in [-0.3, -0.25) is 4.90 Å². The average Bonchev–Trinajstić information content (AvgIpc) is 2.86. The van der Waals surface area contributed by atoms with Crippen LogP contribution in [0.4, 0.5) is 4.39 Å². The molecule has 1 fully saturated rings. The van der Waals surface area contributed by atoms with Gasteiger partial charge in [0.2, 0.25) is 0 Å². The summed E-state index contributed by atoms with van der Waals surface area (Å²) >= 11 is 0. The van der Waals surface area contributed by atoms with Crippen molar-refractivity contribution in [3.63, 3.8) is 0 Å². The highest BCUT2D eigenvalue weighted by atomic mass is 19.1. The molecule has 0 bridgehead atoms. The molecule has 1 nitrogen and oxygen atoms in total. The second-order valence-corrected chi connectivity index (χ2v) is 7.11. The van der Waals surface area contributed by atoms with Gasteiger partial charge >= 0.3 is 0 Å². The van der Waals surface area contributed by atoms with Gasteiger partial charge in [0.1, 0.15) is 5.67 Å². The summed E-state index contributed by atoms with van der Waals surface area (Å²) in [6.45, 7) is 9.16. The number of likely N-dealkylation sites (tertiary alicyclic amines) is 1. The normalized spacial score (nSPS) is 22.4. The average molecular weight is 285 g/mol. The lowest BCUT2D eigenvalue weighted by atomic mass is 9.94. The molecule has 1 aliphatic rings. The van der Waals surface area contributed by atoms with Crippen molar-refractivity contribution in [2.75, 3.05) is 6.54 Å². The summed E-state index contributed by atoms with van der Waals surface area (Å²) in [7, 11) is 0. The molecule has 0 aliphatic carbocycles. The SMILES string of the molecule is CCCCCCCC(CCC)N1CCC[C@H]1C(C)(C)F. The van der Waals surface area contributed by atoms with Gasteiger partial charge in [-0.2, -0.15) is 0 Å². The zero-order valence-electron chi connectivity index (χ0n) is 14.3. The van der Waals surface area contributed by atoms with Gasteiger partial charge in [-0.05, 0) is 46.1 Å². The number of unbranched alkanes of at least 4 members (excludes halogenated alkanes) is 4. The molecule has 1 rings (SSSR count). The monoisotopic (exact) mass is 285 g/mol. The first kappa shape index (κ1) is 17.9. The Kier molecular flexibility index (Phi) is 8.09. The molecule has 1 saturated heterocycles. The lowest BCUT2D eigenvalue weighted by molar-refractivity contribution is 0.0448. The van der Waals surface area contributed by atoms with Gasteiger partial charge in [-0.1, -0.05) is 52.4 Å². The molecule has 1 unspecified atom stereocenters. The summed E-state index contributed by atoms with van der Waals surface area (Å²) in [5, 5.41) is 0. The summed E-state index contributed by atoms with van der Waals surface area (Å²) in [6, 6.07) is 0.763. The van der Waals surface area contributed by atoms with E-state index in [0.717, 1.165) is 13.0 Å². The molecule has 0 N–H and O–H groups in total. The van der Waals surface area contributed by atoms with Crippen molar-refractivity contribution in [1.29, 1.82) is 0 Å². The highest BCUT2D eigenvalue weighted by Crippen LogP contribution is 2.33. The molecule has 0 spiro atoms. The second-order valence-electron chi connectivity index (χ2n) is 7.11. The zero-order chi connectivity index (χ0) is 15.0. The molecule has 20 heavy (non-hydrogen) atoms. The van der Waals surface area contributed by atoms with Gasteiger partial charge in [0.15, 0.2) is 0 Å². The van der Waals surface area contributed by atoms with Gasteiger partial charge < -0.3 is 0 Å². The number of nitrogens with zero attached hydrogens (tertiary/aromatic N) is 1. The number of hydrogen-bond acceptors (Lipinski definition) is 1. The van der Waals surface area contributed by atoms with Gasteiger partial charge in [-0.15, -0.1) is 0 Å². The van der Waals surface area contributed by atoms with Crippen LogP contribution in [0.5, 0.6) is 0 Å². The lowest BCUT2D eigenvalue weighted by Gasteiger charge is -2.38. The van der Waals surface area contributed by atoms with E-state index in [-0.39, 0.29) is 6.04 Å². The summed E-state index contributed by atoms with van der Waals surface area (Å²) < 4.78 is 14.4. The van der Waals surface area contributed by atoms with E-state index in [0.29, 0.717) is 6.04 Å². The highest BCUT2D eigenvalue weighted by molar-refractivity contribution is 4.94. The smallest absolute Gasteiger partial charge is 0.120 e. The Morgan fingerprint density at radius 2 is 1.75 bits per heavy atom. The van der Waals surface area contributed by atoms with Crippen LogP contribution in [0.2, 0.25) is 0 Å². The Morgan fingerprint density at radius 3 is 2.35 bits per heavy atom. The van der Waals surface area contributed by atoms with Crippen LogP contribution in [0.25, 0.3) is 0 Å². The maximum absolute atomic E-state index is 14.4. The zero-order valence-corrected chi connectivity index (χ0v) is 14.3. The first-order valence-corrected chi connectivity index (χ1v) is 8.95. The van der Waals surface area contributed by atoms with Crippen molar-refractivity contribution in [3.8, 4) is 0 Å². The summed E-state index contributed by atoms with van der Waals surface area (Å²) in [4.78, 5) is 2.50. The summed E-state index contributed by atoms with van der Waals surface area (Å²) in [5.41, 5.74) is -1.05. The van der Waals surface area contributed by atoms with Crippen LogP contribution >= 0.6 is 0 Å². The molecule has 120 valence electrons. The molecule has 0 aromatic carbocycles.